The van der Waals surface area contributed by atoms with E-state index in [0.717, 1.165) is 19.5 Å². The van der Waals surface area contributed by atoms with Crippen LogP contribution in [0.5, 0.6) is 0 Å². The van der Waals surface area contributed by atoms with E-state index in [2.05, 4.69) is 16.8 Å². The molecule has 72 valence electrons. The van der Waals surface area contributed by atoms with Crippen LogP contribution in [0.3, 0.4) is 0 Å². The Labute approximate surface area is 87.5 Å². The Balaban J connectivity index is 1.95. The monoisotopic (exact) mass is 216 g/mol. The molecule has 1 aromatic heterocycles. The molecule has 13 heavy (non-hydrogen) atoms. The van der Waals surface area contributed by atoms with Gasteiger partial charge in [-0.3, -0.25) is 9.88 Å². The molecule has 2 unspecified atom stereocenters. The highest BCUT2D eigenvalue weighted by Crippen LogP contribution is 2.24. The Morgan fingerprint density at radius 2 is 2.62 bits per heavy atom. The molecule has 0 spiro atoms. The first-order valence-electron chi connectivity index (χ1n) is 4.51. The average Bonchev–Trinajstić information content (AvgIpc) is 2.63. The molecule has 2 atom stereocenters. The first kappa shape index (κ1) is 9.44. The molecule has 1 aliphatic heterocycles. The van der Waals surface area contributed by atoms with E-state index in [9.17, 15) is 0 Å². The van der Waals surface area contributed by atoms with Gasteiger partial charge in [0.05, 0.1) is 5.51 Å². The van der Waals surface area contributed by atoms with Crippen molar-refractivity contribution in [3.05, 3.63) is 16.6 Å². The van der Waals surface area contributed by atoms with Crippen molar-refractivity contribution in [1.82, 2.24) is 9.88 Å². The molecule has 0 amide bonds. The van der Waals surface area contributed by atoms with Gasteiger partial charge in [0.15, 0.2) is 0 Å². The van der Waals surface area contributed by atoms with E-state index in [-0.39, 0.29) is 0 Å². The highest BCUT2D eigenvalue weighted by Gasteiger charge is 2.27. The van der Waals surface area contributed by atoms with Crippen LogP contribution < -0.4 is 0 Å². The van der Waals surface area contributed by atoms with Gasteiger partial charge in [0.2, 0.25) is 0 Å². The number of rotatable bonds is 2. The van der Waals surface area contributed by atoms with Gasteiger partial charge in [0.1, 0.15) is 0 Å². The summed E-state index contributed by atoms with van der Waals surface area (Å²) in [6.45, 7) is 4.26. The van der Waals surface area contributed by atoms with E-state index in [4.69, 9.17) is 11.6 Å². The van der Waals surface area contributed by atoms with Crippen molar-refractivity contribution in [2.75, 3.05) is 6.54 Å². The summed E-state index contributed by atoms with van der Waals surface area (Å²) in [4.78, 5) is 7.82. The van der Waals surface area contributed by atoms with Gasteiger partial charge < -0.3 is 0 Å². The number of nitrogens with zero attached hydrogens (tertiary/aromatic N) is 2. The summed E-state index contributed by atoms with van der Waals surface area (Å²) in [5, 5.41) is 0.336. The molecule has 0 aromatic carbocycles. The first-order valence-corrected chi connectivity index (χ1v) is 5.83. The molecule has 2 nitrogen and oxygen atoms in total. The molecule has 1 fully saturated rings. The van der Waals surface area contributed by atoms with Gasteiger partial charge in [0, 0.05) is 35.6 Å². The molecule has 2 heterocycles. The summed E-state index contributed by atoms with van der Waals surface area (Å²) in [6, 6.07) is 0.615. The van der Waals surface area contributed by atoms with Gasteiger partial charge in [-0.2, -0.15) is 0 Å². The number of hydrogen-bond acceptors (Lipinski definition) is 3. The number of hydrogen-bond donors (Lipinski definition) is 0. The molecular weight excluding hydrogens is 204 g/mol. The van der Waals surface area contributed by atoms with Gasteiger partial charge in [0.25, 0.3) is 0 Å². The maximum Gasteiger partial charge on any atom is 0.0794 e. The molecule has 0 bridgehead atoms. The lowest BCUT2D eigenvalue weighted by Gasteiger charge is -2.19. The van der Waals surface area contributed by atoms with Gasteiger partial charge in [-0.25, -0.2) is 0 Å². The molecular formula is C9H13ClN2S. The summed E-state index contributed by atoms with van der Waals surface area (Å²) in [5.41, 5.74) is 1.88. The molecule has 0 radical (unpaired) electrons. The summed E-state index contributed by atoms with van der Waals surface area (Å²) < 4.78 is 0. The Morgan fingerprint density at radius 1 is 1.77 bits per heavy atom. The predicted molar refractivity (Wildman–Crippen MR) is 56.2 cm³/mol. The highest BCUT2D eigenvalue weighted by atomic mass is 35.5. The van der Waals surface area contributed by atoms with E-state index >= 15 is 0 Å². The van der Waals surface area contributed by atoms with Crippen LogP contribution in [-0.2, 0) is 6.54 Å². The van der Waals surface area contributed by atoms with E-state index in [1.54, 1.807) is 11.3 Å². The van der Waals surface area contributed by atoms with Crippen molar-refractivity contribution in [2.45, 2.75) is 31.3 Å². The number of thiazole rings is 1. The minimum absolute atomic E-state index is 0.336. The average molecular weight is 217 g/mol. The molecule has 2 rings (SSSR count). The second-order valence-electron chi connectivity index (χ2n) is 3.58. The van der Waals surface area contributed by atoms with E-state index in [0.29, 0.717) is 11.4 Å². The third kappa shape index (κ3) is 2.22. The van der Waals surface area contributed by atoms with Gasteiger partial charge in [-0.05, 0) is 13.3 Å². The summed E-state index contributed by atoms with van der Waals surface area (Å²) >= 11 is 7.81. The Kier molecular flexibility index (Phi) is 2.86. The second kappa shape index (κ2) is 3.95. The maximum atomic E-state index is 6.09. The molecule has 1 aliphatic rings. The summed E-state index contributed by atoms with van der Waals surface area (Å²) in [7, 11) is 0. The van der Waals surface area contributed by atoms with Crippen molar-refractivity contribution >= 4 is 22.9 Å². The van der Waals surface area contributed by atoms with Crippen molar-refractivity contribution in [1.29, 1.82) is 0 Å². The van der Waals surface area contributed by atoms with Crippen LogP contribution in [0, 0.1) is 0 Å². The van der Waals surface area contributed by atoms with Crippen LogP contribution in [0.15, 0.2) is 11.7 Å². The van der Waals surface area contributed by atoms with Crippen molar-refractivity contribution in [3.63, 3.8) is 0 Å². The standard InChI is InChI=1S/C9H13ClN2S/c1-7-2-8(10)4-12(7)5-9-3-11-6-13-9/h3,6-8H,2,4-5H2,1H3. The maximum absolute atomic E-state index is 6.09. The lowest BCUT2D eigenvalue weighted by molar-refractivity contribution is 0.263. The lowest BCUT2D eigenvalue weighted by atomic mass is 10.2. The molecule has 4 heteroatoms. The quantitative estimate of drug-likeness (QED) is 0.706. The van der Waals surface area contributed by atoms with E-state index in [1.165, 1.54) is 4.88 Å². The lowest BCUT2D eigenvalue weighted by Crippen LogP contribution is -2.26. The smallest absolute Gasteiger partial charge is 0.0794 e. The zero-order valence-electron chi connectivity index (χ0n) is 7.61. The third-order valence-corrected chi connectivity index (χ3v) is 3.58. The van der Waals surface area contributed by atoms with Crippen molar-refractivity contribution in [2.24, 2.45) is 0 Å². The van der Waals surface area contributed by atoms with Crippen LogP contribution in [0.1, 0.15) is 18.2 Å². The van der Waals surface area contributed by atoms with Crippen molar-refractivity contribution < 1.29 is 0 Å². The molecule has 1 aromatic rings. The fraction of sp³-hybridized carbons (Fsp3) is 0.667. The zero-order valence-corrected chi connectivity index (χ0v) is 9.18. The Morgan fingerprint density at radius 3 is 3.15 bits per heavy atom. The number of aromatic nitrogens is 1. The molecule has 0 aliphatic carbocycles. The minimum atomic E-state index is 0.336. The fourth-order valence-electron chi connectivity index (χ4n) is 1.77. The molecule has 1 saturated heterocycles. The molecule has 0 N–H and O–H groups in total. The minimum Gasteiger partial charge on any atom is -0.294 e. The zero-order chi connectivity index (χ0) is 9.26. The van der Waals surface area contributed by atoms with Crippen LogP contribution in [-0.4, -0.2) is 27.8 Å². The van der Waals surface area contributed by atoms with Gasteiger partial charge in [-0.1, -0.05) is 0 Å². The number of halogens is 1. The van der Waals surface area contributed by atoms with Crippen molar-refractivity contribution in [3.8, 4) is 0 Å². The van der Waals surface area contributed by atoms with Crippen LogP contribution in [0.4, 0.5) is 0 Å². The van der Waals surface area contributed by atoms with E-state index in [1.807, 2.05) is 11.7 Å². The summed E-state index contributed by atoms with van der Waals surface area (Å²) in [6.07, 6.45) is 3.05. The predicted octanol–water partition coefficient (Wildman–Crippen LogP) is 2.34. The Bertz CT molecular complexity index is 263. The second-order valence-corrected chi connectivity index (χ2v) is 5.17. The summed E-state index contributed by atoms with van der Waals surface area (Å²) in [5.74, 6) is 0. The molecule has 0 saturated carbocycles. The number of alkyl halides is 1. The highest BCUT2D eigenvalue weighted by molar-refractivity contribution is 7.09. The van der Waals surface area contributed by atoms with Crippen LogP contribution >= 0.6 is 22.9 Å². The van der Waals surface area contributed by atoms with Gasteiger partial charge in [-0.15, -0.1) is 22.9 Å². The normalized spacial score (nSPS) is 29.7. The van der Waals surface area contributed by atoms with Crippen LogP contribution in [0.25, 0.3) is 0 Å². The van der Waals surface area contributed by atoms with E-state index < -0.39 is 0 Å². The first-order chi connectivity index (χ1) is 6.25. The Hall–Kier alpha value is -0.120. The SMILES string of the molecule is CC1CC(Cl)CN1Cc1cncs1. The fourth-order valence-corrected chi connectivity index (χ4v) is 2.82. The third-order valence-electron chi connectivity index (χ3n) is 2.50. The number of likely N-dealkylation sites (tertiary alicyclic amines) is 1. The topological polar surface area (TPSA) is 16.1 Å². The largest absolute Gasteiger partial charge is 0.294 e. The van der Waals surface area contributed by atoms with Gasteiger partial charge >= 0.3 is 0 Å². The van der Waals surface area contributed by atoms with Crippen LogP contribution in [0.2, 0.25) is 0 Å².